The molecule has 3 rings (SSSR count). The van der Waals surface area contributed by atoms with Crippen molar-refractivity contribution in [3.05, 3.63) is 71.7 Å². The third-order valence-electron chi connectivity index (χ3n) is 5.33. The summed E-state index contributed by atoms with van der Waals surface area (Å²) < 4.78 is 87.7. The second-order valence-electron chi connectivity index (χ2n) is 9.51. The van der Waals surface area contributed by atoms with Crippen LogP contribution in [0.5, 0.6) is 0 Å². The van der Waals surface area contributed by atoms with Crippen LogP contribution in [-0.2, 0) is 30.4 Å². The van der Waals surface area contributed by atoms with Crippen LogP contribution in [-0.4, -0.2) is 45.2 Å². The minimum Gasteiger partial charge on any atom is -0.441 e. The van der Waals surface area contributed by atoms with E-state index in [9.17, 15) is 26.0 Å². The lowest BCUT2D eigenvalue weighted by Crippen LogP contribution is -2.29. The number of carbonyl (C=O) groups excluding carboxylic acids is 1. The number of ether oxygens (including phenoxy) is 1. The zero-order valence-electron chi connectivity index (χ0n) is 20.8. The average molecular weight is 556 g/mol. The van der Waals surface area contributed by atoms with E-state index in [4.69, 9.17) is 4.74 Å². The number of hydrogen-bond donors (Lipinski definition) is 1. The van der Waals surface area contributed by atoms with Crippen molar-refractivity contribution in [2.45, 2.75) is 37.5 Å². The van der Waals surface area contributed by atoms with Gasteiger partial charge in [0.2, 0.25) is 5.95 Å². The van der Waals surface area contributed by atoms with Crippen LogP contribution in [0.15, 0.2) is 53.7 Å². The molecule has 0 spiro atoms. The summed E-state index contributed by atoms with van der Waals surface area (Å²) >= 11 is 0. The largest absolute Gasteiger partial charge is 0.441 e. The van der Waals surface area contributed by atoms with Gasteiger partial charge in [-0.3, -0.25) is 0 Å². The van der Waals surface area contributed by atoms with E-state index in [1.165, 1.54) is 37.4 Å². The van der Waals surface area contributed by atoms with Crippen molar-refractivity contribution >= 4 is 26.0 Å². The van der Waals surface area contributed by atoms with Crippen molar-refractivity contribution in [2.75, 3.05) is 13.3 Å². The first kappa shape index (κ1) is 28.3. The average Bonchev–Trinajstić information content (AvgIpc) is 3.13. The predicted molar refractivity (Wildman–Crippen MR) is 133 cm³/mol. The highest BCUT2D eigenvalue weighted by molar-refractivity contribution is 7.90. The van der Waals surface area contributed by atoms with Crippen LogP contribution in [0.2, 0.25) is 0 Å². The number of nitrogens with zero attached hydrogens (tertiary/aromatic N) is 2. The Kier molecular flexibility index (Phi) is 7.80. The second kappa shape index (κ2) is 10.2. The fourth-order valence-corrected chi connectivity index (χ4v) is 5.97. The van der Waals surface area contributed by atoms with E-state index in [1.54, 1.807) is 20.8 Å². The van der Waals surface area contributed by atoms with Gasteiger partial charge in [0.05, 0.1) is 16.2 Å². The number of pyridine rings is 1. The number of benzene rings is 1. The zero-order chi connectivity index (χ0) is 27.8. The first-order valence-corrected chi connectivity index (χ1v) is 14.5. The Morgan fingerprint density at radius 3 is 2.38 bits per heavy atom. The summed E-state index contributed by atoms with van der Waals surface area (Å²) in [6.07, 6.45) is 0.927. The van der Waals surface area contributed by atoms with Gasteiger partial charge in [-0.15, -0.1) is 0 Å². The van der Waals surface area contributed by atoms with E-state index in [0.717, 1.165) is 24.7 Å². The lowest BCUT2D eigenvalue weighted by atomic mass is 9.85. The first-order chi connectivity index (χ1) is 17.1. The molecule has 2 aromatic heterocycles. The third kappa shape index (κ3) is 6.16. The lowest BCUT2D eigenvalue weighted by molar-refractivity contribution is 0.0294. The molecule has 0 aliphatic rings. The van der Waals surface area contributed by atoms with Gasteiger partial charge in [-0.05, 0) is 29.8 Å². The molecule has 0 fully saturated rings. The molecule has 0 aliphatic heterocycles. The molecule has 0 bridgehead atoms. The molecule has 0 saturated carbocycles. The Labute approximate surface area is 214 Å². The summed E-state index contributed by atoms with van der Waals surface area (Å²) in [7, 11) is -6.76. The van der Waals surface area contributed by atoms with Gasteiger partial charge in [-0.1, -0.05) is 32.9 Å². The first-order valence-electron chi connectivity index (χ1n) is 11.0. The minimum absolute atomic E-state index is 0.195. The number of nitrogens with one attached hydrogen (secondary N) is 1. The number of halogens is 2. The summed E-state index contributed by atoms with van der Waals surface area (Å²) in [4.78, 5) is 15.2. The van der Waals surface area contributed by atoms with Gasteiger partial charge in [0.15, 0.2) is 15.7 Å². The third-order valence-corrected chi connectivity index (χ3v) is 7.85. The molecular weight excluding hydrogens is 528 g/mol. The zero-order valence-corrected chi connectivity index (χ0v) is 22.5. The molecule has 9 nitrogen and oxygen atoms in total. The summed E-state index contributed by atoms with van der Waals surface area (Å²) in [5, 5.41) is 2.27. The lowest BCUT2D eigenvalue weighted by Gasteiger charge is -2.29. The SMILES string of the molecule is CNC(=O)OC(c1cn(S(=O)(=O)c2cccc(CS(C)(=O)=O)c2)c(-c2cccnc2F)c1F)C(C)(C)C. The van der Waals surface area contributed by atoms with Crippen molar-refractivity contribution in [3.63, 3.8) is 0 Å². The van der Waals surface area contributed by atoms with Crippen molar-refractivity contribution in [1.82, 2.24) is 14.3 Å². The van der Waals surface area contributed by atoms with Crippen molar-refractivity contribution in [1.29, 1.82) is 0 Å². The fourth-order valence-electron chi connectivity index (χ4n) is 3.74. The van der Waals surface area contributed by atoms with E-state index in [1.807, 2.05) is 0 Å². The highest BCUT2D eigenvalue weighted by Crippen LogP contribution is 2.42. The number of amides is 1. The maximum Gasteiger partial charge on any atom is 0.407 e. The number of sulfone groups is 1. The van der Waals surface area contributed by atoms with Crippen LogP contribution in [0.25, 0.3) is 11.3 Å². The van der Waals surface area contributed by atoms with Crippen LogP contribution in [0, 0.1) is 17.2 Å². The van der Waals surface area contributed by atoms with Crippen LogP contribution >= 0.6 is 0 Å². The van der Waals surface area contributed by atoms with Gasteiger partial charge in [-0.2, -0.15) is 4.39 Å². The van der Waals surface area contributed by atoms with Crippen LogP contribution in [0.1, 0.15) is 38.0 Å². The van der Waals surface area contributed by atoms with Crippen molar-refractivity contribution < 1.29 is 35.1 Å². The maximum absolute atomic E-state index is 16.1. The molecule has 0 radical (unpaired) electrons. The highest BCUT2D eigenvalue weighted by Gasteiger charge is 2.38. The standard InChI is InChI=1S/C24H27F2N3O6S2/c1-24(2,3)21(35-23(30)27-4)18-13-29(20(19(18)25)17-10-7-11-28-22(17)26)37(33,34)16-9-6-8-15(12-16)14-36(5,31)32/h6-13,21H,14H2,1-5H3,(H,27,30). The maximum atomic E-state index is 16.1. The Balaban J connectivity index is 2.33. The predicted octanol–water partition coefficient (Wildman–Crippen LogP) is 4.05. The molecular formula is C24H27F2N3O6S2. The van der Waals surface area contributed by atoms with Gasteiger partial charge in [0.1, 0.15) is 11.8 Å². The Morgan fingerprint density at radius 1 is 1.14 bits per heavy atom. The van der Waals surface area contributed by atoms with Crippen molar-refractivity contribution in [3.8, 4) is 11.3 Å². The quantitative estimate of drug-likeness (QED) is 0.436. The van der Waals surface area contributed by atoms with E-state index in [2.05, 4.69) is 10.3 Å². The molecule has 200 valence electrons. The Bertz CT molecular complexity index is 1540. The number of carbonyl (C=O) groups is 1. The van der Waals surface area contributed by atoms with Gasteiger partial charge < -0.3 is 10.1 Å². The van der Waals surface area contributed by atoms with Crippen molar-refractivity contribution in [2.24, 2.45) is 5.41 Å². The second-order valence-corrected chi connectivity index (χ2v) is 13.5. The summed E-state index contributed by atoms with van der Waals surface area (Å²) in [5.41, 5.74) is -2.09. The van der Waals surface area contributed by atoms with E-state index in [-0.39, 0.29) is 16.0 Å². The Morgan fingerprint density at radius 2 is 1.81 bits per heavy atom. The van der Waals surface area contributed by atoms with E-state index in [0.29, 0.717) is 3.97 Å². The molecule has 1 aromatic carbocycles. The van der Waals surface area contributed by atoms with Gasteiger partial charge in [0.25, 0.3) is 10.0 Å². The fraction of sp³-hybridized carbons (Fsp3) is 0.333. The van der Waals surface area contributed by atoms with Gasteiger partial charge in [0, 0.05) is 36.7 Å². The van der Waals surface area contributed by atoms with Crippen LogP contribution < -0.4 is 5.32 Å². The topological polar surface area (TPSA) is 124 Å². The molecule has 1 N–H and O–H groups in total. The van der Waals surface area contributed by atoms with E-state index >= 15 is 4.39 Å². The molecule has 1 amide bonds. The van der Waals surface area contributed by atoms with Gasteiger partial charge >= 0.3 is 6.09 Å². The molecule has 0 saturated heterocycles. The summed E-state index contributed by atoms with van der Waals surface area (Å²) in [6, 6.07) is 7.64. The number of aromatic nitrogens is 2. The molecule has 1 unspecified atom stereocenters. The summed E-state index contributed by atoms with van der Waals surface area (Å²) in [5.74, 6) is -2.66. The van der Waals surface area contributed by atoms with Crippen LogP contribution in [0.3, 0.4) is 0 Å². The molecule has 37 heavy (non-hydrogen) atoms. The number of rotatable bonds is 7. The van der Waals surface area contributed by atoms with Crippen LogP contribution in [0.4, 0.5) is 13.6 Å². The number of alkyl carbamates (subject to hydrolysis) is 1. The minimum atomic E-state index is -4.60. The van der Waals surface area contributed by atoms with E-state index < -0.39 is 66.2 Å². The van der Waals surface area contributed by atoms with Gasteiger partial charge in [-0.25, -0.2) is 35.0 Å². The molecule has 0 aliphatic carbocycles. The highest BCUT2D eigenvalue weighted by atomic mass is 32.2. The summed E-state index contributed by atoms with van der Waals surface area (Å²) in [6.45, 7) is 4.97. The monoisotopic (exact) mass is 555 g/mol. The molecule has 1 atom stereocenters. The normalized spacial score (nSPS) is 13.3. The molecule has 13 heteroatoms. The smallest absolute Gasteiger partial charge is 0.407 e. The Hall–Kier alpha value is -3.32. The molecule has 2 heterocycles. The molecule has 3 aromatic rings. The number of hydrogen-bond acceptors (Lipinski definition) is 7.